The number of nitrogens with zero attached hydrogens (tertiary/aromatic N) is 4. The molecule has 0 radical (unpaired) electrons. The average molecular weight is 385 g/mol. The Morgan fingerprint density at radius 3 is 2.33 bits per heavy atom. The molecule has 3 aromatic rings. The predicted octanol–water partition coefficient (Wildman–Crippen LogP) is 4.76. The summed E-state index contributed by atoms with van der Waals surface area (Å²) < 4.78 is 1.61. The molecule has 0 amide bonds. The van der Waals surface area contributed by atoms with Gasteiger partial charge < -0.3 is 5.11 Å². The summed E-state index contributed by atoms with van der Waals surface area (Å²) in [4.78, 5) is 8.79. The average Bonchev–Trinajstić information content (AvgIpc) is 3.23. The third-order valence-electron chi connectivity index (χ3n) is 5.48. The highest BCUT2D eigenvalue weighted by atomic mass is 32.1. The maximum atomic E-state index is 10.9. The molecule has 27 heavy (non-hydrogen) atoms. The molecule has 6 heteroatoms. The van der Waals surface area contributed by atoms with Crippen molar-refractivity contribution in [2.24, 2.45) is 0 Å². The van der Waals surface area contributed by atoms with Crippen LogP contribution >= 0.6 is 11.3 Å². The van der Waals surface area contributed by atoms with Gasteiger partial charge in [0.05, 0.1) is 10.9 Å². The molecule has 0 bridgehead atoms. The molecule has 0 saturated carbocycles. The second kappa shape index (κ2) is 7.60. The molecule has 3 heterocycles. The Morgan fingerprint density at radius 2 is 1.74 bits per heavy atom. The van der Waals surface area contributed by atoms with E-state index in [9.17, 15) is 5.11 Å². The van der Waals surface area contributed by atoms with Gasteiger partial charge >= 0.3 is 0 Å². The fourth-order valence-electron chi connectivity index (χ4n) is 3.89. The normalized spacial score (nSPS) is 17.0. The van der Waals surface area contributed by atoms with Crippen LogP contribution in [0.1, 0.15) is 73.8 Å². The summed E-state index contributed by atoms with van der Waals surface area (Å²) >= 11 is 1.56. The van der Waals surface area contributed by atoms with Crippen LogP contribution in [0.4, 0.5) is 0 Å². The molecule has 1 atom stereocenters. The van der Waals surface area contributed by atoms with E-state index in [1.54, 1.807) is 15.9 Å². The molecule has 1 N–H and O–H groups in total. The quantitative estimate of drug-likeness (QED) is 0.689. The number of hydrogen-bond donors (Lipinski definition) is 1. The van der Waals surface area contributed by atoms with E-state index in [1.807, 2.05) is 6.92 Å². The van der Waals surface area contributed by atoms with E-state index in [0.29, 0.717) is 5.92 Å². The molecule has 2 aromatic heterocycles. The van der Waals surface area contributed by atoms with Gasteiger partial charge in [0.1, 0.15) is 0 Å². The Hall–Kier alpha value is -1.92. The SMILES string of the molecule is CCc1nc2sc([C@@H](c3ccc(C(C)C)cc3)N3CCCCC3)c(O)n2n1. The van der Waals surface area contributed by atoms with Gasteiger partial charge in [0.25, 0.3) is 0 Å². The van der Waals surface area contributed by atoms with Gasteiger partial charge in [0, 0.05) is 6.42 Å². The summed E-state index contributed by atoms with van der Waals surface area (Å²) in [6.07, 6.45) is 4.48. The zero-order valence-electron chi connectivity index (χ0n) is 16.4. The Labute approximate surface area is 164 Å². The van der Waals surface area contributed by atoms with Gasteiger partial charge in [0.2, 0.25) is 10.8 Å². The van der Waals surface area contributed by atoms with Crippen molar-refractivity contribution in [2.45, 2.75) is 58.4 Å². The second-order valence-corrected chi connectivity index (χ2v) is 8.70. The molecule has 1 aromatic carbocycles. The lowest BCUT2D eigenvalue weighted by Crippen LogP contribution is -2.34. The van der Waals surface area contributed by atoms with Crippen LogP contribution in [-0.2, 0) is 6.42 Å². The summed E-state index contributed by atoms with van der Waals surface area (Å²) in [5, 5.41) is 15.4. The number of piperidine rings is 1. The number of aryl methyl sites for hydroxylation is 1. The van der Waals surface area contributed by atoms with Crippen LogP contribution in [0.25, 0.3) is 4.96 Å². The van der Waals surface area contributed by atoms with Crippen LogP contribution in [-0.4, -0.2) is 37.7 Å². The molecule has 144 valence electrons. The summed E-state index contributed by atoms with van der Waals surface area (Å²) in [6.45, 7) is 8.58. The van der Waals surface area contributed by atoms with E-state index >= 15 is 0 Å². The van der Waals surface area contributed by atoms with Gasteiger partial charge in [-0.25, -0.2) is 4.98 Å². The molecule has 0 unspecified atom stereocenters. The molecular weight excluding hydrogens is 356 g/mol. The summed E-state index contributed by atoms with van der Waals surface area (Å²) in [5.74, 6) is 1.53. The van der Waals surface area contributed by atoms with Gasteiger partial charge in [-0.05, 0) is 43.0 Å². The molecule has 1 aliphatic rings. The first-order chi connectivity index (χ1) is 13.1. The van der Waals surface area contributed by atoms with E-state index < -0.39 is 0 Å². The van der Waals surface area contributed by atoms with E-state index in [4.69, 9.17) is 0 Å². The largest absolute Gasteiger partial charge is 0.492 e. The van der Waals surface area contributed by atoms with E-state index in [-0.39, 0.29) is 11.9 Å². The first kappa shape index (κ1) is 18.4. The minimum absolute atomic E-state index is 0.0603. The Morgan fingerprint density at radius 1 is 1.07 bits per heavy atom. The van der Waals surface area contributed by atoms with E-state index in [0.717, 1.165) is 35.2 Å². The van der Waals surface area contributed by atoms with Crippen molar-refractivity contribution in [1.29, 1.82) is 0 Å². The van der Waals surface area contributed by atoms with Crippen molar-refractivity contribution in [3.63, 3.8) is 0 Å². The lowest BCUT2D eigenvalue weighted by atomic mass is 9.96. The van der Waals surface area contributed by atoms with Gasteiger partial charge in [-0.3, -0.25) is 4.90 Å². The highest BCUT2D eigenvalue weighted by Crippen LogP contribution is 2.41. The first-order valence-corrected chi connectivity index (χ1v) is 10.8. The monoisotopic (exact) mass is 384 g/mol. The highest BCUT2D eigenvalue weighted by Gasteiger charge is 2.30. The molecule has 4 rings (SSSR count). The number of rotatable bonds is 5. The topological polar surface area (TPSA) is 53.7 Å². The lowest BCUT2D eigenvalue weighted by molar-refractivity contribution is 0.186. The molecular formula is C21H28N4OS. The van der Waals surface area contributed by atoms with Gasteiger partial charge in [-0.2, -0.15) is 4.52 Å². The highest BCUT2D eigenvalue weighted by molar-refractivity contribution is 7.17. The van der Waals surface area contributed by atoms with Crippen molar-refractivity contribution >= 4 is 16.3 Å². The van der Waals surface area contributed by atoms with Crippen LogP contribution in [0.5, 0.6) is 5.88 Å². The van der Waals surface area contributed by atoms with Gasteiger partial charge in [0.15, 0.2) is 5.82 Å². The van der Waals surface area contributed by atoms with Crippen LogP contribution < -0.4 is 0 Å². The summed E-state index contributed by atoms with van der Waals surface area (Å²) in [7, 11) is 0. The number of thiazole rings is 1. The Bertz CT molecular complexity index is 906. The maximum Gasteiger partial charge on any atom is 0.230 e. The fraction of sp³-hybridized carbons (Fsp3) is 0.524. The minimum Gasteiger partial charge on any atom is -0.492 e. The zero-order chi connectivity index (χ0) is 19.0. The number of likely N-dealkylation sites (tertiary alicyclic amines) is 1. The van der Waals surface area contributed by atoms with Crippen LogP contribution in [0, 0.1) is 0 Å². The van der Waals surface area contributed by atoms with E-state index in [1.165, 1.54) is 30.4 Å². The van der Waals surface area contributed by atoms with Crippen LogP contribution in [0.15, 0.2) is 24.3 Å². The molecule has 0 spiro atoms. The van der Waals surface area contributed by atoms with Crippen molar-refractivity contribution in [2.75, 3.05) is 13.1 Å². The second-order valence-electron chi connectivity index (χ2n) is 7.69. The Kier molecular flexibility index (Phi) is 5.19. The van der Waals surface area contributed by atoms with Gasteiger partial charge in [-0.15, -0.1) is 5.10 Å². The number of fused-ring (bicyclic) bond motifs is 1. The third kappa shape index (κ3) is 3.48. The van der Waals surface area contributed by atoms with Crippen molar-refractivity contribution in [3.8, 4) is 5.88 Å². The maximum absolute atomic E-state index is 10.9. The van der Waals surface area contributed by atoms with E-state index in [2.05, 4.69) is 53.1 Å². The molecule has 1 saturated heterocycles. The smallest absolute Gasteiger partial charge is 0.230 e. The molecule has 1 fully saturated rings. The van der Waals surface area contributed by atoms with Crippen LogP contribution in [0.2, 0.25) is 0 Å². The predicted molar refractivity (Wildman–Crippen MR) is 110 cm³/mol. The van der Waals surface area contributed by atoms with Crippen LogP contribution in [0.3, 0.4) is 0 Å². The lowest BCUT2D eigenvalue weighted by Gasteiger charge is -2.34. The fourth-order valence-corrected chi connectivity index (χ4v) is 5.02. The summed E-state index contributed by atoms with van der Waals surface area (Å²) in [5.41, 5.74) is 2.58. The van der Waals surface area contributed by atoms with Crippen molar-refractivity contribution < 1.29 is 5.11 Å². The van der Waals surface area contributed by atoms with Crippen molar-refractivity contribution in [1.82, 2.24) is 19.5 Å². The molecule has 0 aliphatic carbocycles. The number of aromatic nitrogens is 3. The Balaban J connectivity index is 1.77. The van der Waals surface area contributed by atoms with Gasteiger partial charge in [-0.1, -0.05) is 62.8 Å². The first-order valence-electron chi connectivity index (χ1n) is 9.99. The number of benzene rings is 1. The molecule has 1 aliphatic heterocycles. The standard InChI is InChI=1S/C21H28N4OS/c1-4-17-22-21-25(23-17)20(26)19(27-21)18(24-12-6-5-7-13-24)16-10-8-15(9-11-16)14(2)3/h8-11,14,18,26H,4-7,12-13H2,1-3H3/t18-/m1/s1. The number of aromatic hydroxyl groups is 1. The molecule has 5 nitrogen and oxygen atoms in total. The summed E-state index contributed by atoms with van der Waals surface area (Å²) in [6, 6.07) is 8.95. The number of hydrogen-bond acceptors (Lipinski definition) is 5. The minimum atomic E-state index is 0.0603. The zero-order valence-corrected chi connectivity index (χ0v) is 17.2. The van der Waals surface area contributed by atoms with Crippen molar-refractivity contribution in [3.05, 3.63) is 46.1 Å². The third-order valence-corrected chi connectivity index (χ3v) is 6.56.